The lowest BCUT2D eigenvalue weighted by Crippen LogP contribution is -2.42. The van der Waals surface area contributed by atoms with Crippen LogP contribution in [0.1, 0.15) is 47.0 Å². The number of hydrogen-bond acceptors (Lipinski definition) is 3. The highest BCUT2D eigenvalue weighted by molar-refractivity contribution is 4.75. The molecule has 0 aliphatic rings. The Hall–Kier alpha value is -0.120. The lowest BCUT2D eigenvalue weighted by molar-refractivity contribution is 0.0202. The number of rotatable bonds is 9. The molecule has 0 aromatic rings. The second-order valence-corrected chi connectivity index (χ2v) is 4.73. The molecule has 0 amide bonds. The zero-order valence-corrected chi connectivity index (χ0v) is 11.6. The molecule has 0 aromatic carbocycles. The number of likely N-dealkylation sites (N-methyl/N-ethyl adjacent to an activating group) is 1. The Balaban J connectivity index is 3.94. The van der Waals surface area contributed by atoms with Gasteiger partial charge in [-0.05, 0) is 33.7 Å². The van der Waals surface area contributed by atoms with Crippen molar-refractivity contribution >= 4 is 0 Å². The van der Waals surface area contributed by atoms with Gasteiger partial charge in [0.15, 0.2) is 0 Å². The number of aliphatic hydroxyl groups is 1. The van der Waals surface area contributed by atoms with Crippen molar-refractivity contribution in [3.8, 4) is 0 Å². The van der Waals surface area contributed by atoms with E-state index >= 15 is 0 Å². The number of hydrogen-bond donors (Lipinski definition) is 1. The lowest BCUT2D eigenvalue weighted by Gasteiger charge is -2.31. The van der Waals surface area contributed by atoms with E-state index in [0.717, 1.165) is 32.4 Å². The molecule has 16 heavy (non-hydrogen) atoms. The maximum Gasteiger partial charge on any atom is 0.0695 e. The monoisotopic (exact) mass is 231 g/mol. The average molecular weight is 231 g/mol. The predicted octanol–water partition coefficient (Wildman–Crippen LogP) is 2.28. The second kappa shape index (κ2) is 8.97. The third-order valence-electron chi connectivity index (χ3n) is 2.91. The molecule has 0 fully saturated rings. The average Bonchev–Trinajstić information content (AvgIpc) is 2.18. The van der Waals surface area contributed by atoms with E-state index in [9.17, 15) is 5.11 Å². The van der Waals surface area contributed by atoms with Crippen LogP contribution < -0.4 is 0 Å². The topological polar surface area (TPSA) is 32.7 Å². The summed E-state index contributed by atoms with van der Waals surface area (Å²) in [6, 6.07) is 0.260. The van der Waals surface area contributed by atoms with Gasteiger partial charge in [0, 0.05) is 12.6 Å². The van der Waals surface area contributed by atoms with Gasteiger partial charge in [0.25, 0.3) is 0 Å². The molecule has 0 saturated heterocycles. The Morgan fingerprint density at radius 2 is 1.88 bits per heavy atom. The van der Waals surface area contributed by atoms with Crippen LogP contribution in [0.5, 0.6) is 0 Å². The van der Waals surface area contributed by atoms with Crippen molar-refractivity contribution in [1.29, 1.82) is 0 Å². The first kappa shape index (κ1) is 15.9. The van der Waals surface area contributed by atoms with Crippen molar-refractivity contribution < 1.29 is 9.84 Å². The number of nitrogens with zero attached hydrogens (tertiary/aromatic N) is 1. The zero-order valence-electron chi connectivity index (χ0n) is 11.6. The number of aliphatic hydroxyl groups excluding tert-OH is 1. The van der Waals surface area contributed by atoms with E-state index < -0.39 is 0 Å². The fraction of sp³-hybridized carbons (Fsp3) is 1.00. The van der Waals surface area contributed by atoms with Crippen molar-refractivity contribution in [2.24, 2.45) is 0 Å². The van der Waals surface area contributed by atoms with Crippen LogP contribution in [0, 0.1) is 0 Å². The Morgan fingerprint density at radius 1 is 1.25 bits per heavy atom. The van der Waals surface area contributed by atoms with Gasteiger partial charge in [0.1, 0.15) is 0 Å². The second-order valence-electron chi connectivity index (χ2n) is 4.73. The first-order chi connectivity index (χ1) is 7.52. The molecule has 3 nitrogen and oxygen atoms in total. The molecule has 1 N–H and O–H groups in total. The van der Waals surface area contributed by atoms with Crippen molar-refractivity contribution in [2.45, 2.75) is 65.2 Å². The van der Waals surface area contributed by atoms with E-state index in [1.165, 1.54) is 0 Å². The first-order valence-electron chi connectivity index (χ1n) is 6.52. The van der Waals surface area contributed by atoms with Gasteiger partial charge < -0.3 is 9.84 Å². The number of ether oxygens (including phenoxy) is 1. The molecule has 0 aliphatic heterocycles. The van der Waals surface area contributed by atoms with Gasteiger partial charge in [0.05, 0.1) is 18.8 Å². The SMILES string of the molecule is CCCC(O)C(CC)N(C)CCOC(C)C. The highest BCUT2D eigenvalue weighted by atomic mass is 16.5. The largest absolute Gasteiger partial charge is 0.391 e. The highest BCUT2D eigenvalue weighted by Gasteiger charge is 2.20. The van der Waals surface area contributed by atoms with Gasteiger partial charge in [-0.3, -0.25) is 4.90 Å². The third kappa shape index (κ3) is 6.46. The molecule has 0 radical (unpaired) electrons. The summed E-state index contributed by atoms with van der Waals surface area (Å²) in [6.07, 6.45) is 2.98. The van der Waals surface area contributed by atoms with Crippen LogP contribution in [-0.2, 0) is 4.74 Å². The third-order valence-corrected chi connectivity index (χ3v) is 2.91. The summed E-state index contributed by atoms with van der Waals surface area (Å²) in [4.78, 5) is 2.21. The van der Waals surface area contributed by atoms with Gasteiger partial charge in [0.2, 0.25) is 0 Å². The molecule has 0 spiro atoms. The van der Waals surface area contributed by atoms with Crippen molar-refractivity contribution in [3.63, 3.8) is 0 Å². The Labute approximate surface area is 101 Å². The smallest absolute Gasteiger partial charge is 0.0695 e. The molecule has 3 heteroatoms. The molecule has 2 atom stereocenters. The summed E-state index contributed by atoms with van der Waals surface area (Å²) in [6.45, 7) is 9.95. The summed E-state index contributed by atoms with van der Waals surface area (Å²) in [5.41, 5.74) is 0. The van der Waals surface area contributed by atoms with E-state index in [0.29, 0.717) is 0 Å². The van der Waals surface area contributed by atoms with E-state index in [2.05, 4.69) is 25.8 Å². The molecular weight excluding hydrogens is 202 g/mol. The fourth-order valence-electron chi connectivity index (χ4n) is 1.96. The van der Waals surface area contributed by atoms with E-state index in [-0.39, 0.29) is 18.2 Å². The molecule has 98 valence electrons. The molecule has 0 saturated carbocycles. The van der Waals surface area contributed by atoms with Crippen LogP contribution in [0.3, 0.4) is 0 Å². The Kier molecular flexibility index (Phi) is 8.90. The summed E-state index contributed by atoms with van der Waals surface area (Å²) < 4.78 is 5.52. The van der Waals surface area contributed by atoms with Crippen molar-refractivity contribution in [1.82, 2.24) is 4.90 Å². The van der Waals surface area contributed by atoms with Crippen LogP contribution in [0.4, 0.5) is 0 Å². The standard InChI is InChI=1S/C13H29NO2/c1-6-8-13(15)12(7-2)14(5)9-10-16-11(3)4/h11-13,15H,6-10H2,1-5H3. The van der Waals surface area contributed by atoms with Gasteiger partial charge in [-0.15, -0.1) is 0 Å². The molecule has 0 heterocycles. The molecule has 0 aromatic heterocycles. The summed E-state index contributed by atoms with van der Waals surface area (Å²) in [5.74, 6) is 0. The minimum Gasteiger partial charge on any atom is -0.391 e. The molecule has 0 rings (SSSR count). The van der Waals surface area contributed by atoms with E-state index in [4.69, 9.17) is 4.74 Å². The van der Waals surface area contributed by atoms with E-state index in [1.54, 1.807) is 0 Å². The van der Waals surface area contributed by atoms with Crippen molar-refractivity contribution in [3.05, 3.63) is 0 Å². The maximum absolute atomic E-state index is 10.0. The lowest BCUT2D eigenvalue weighted by atomic mass is 10.0. The van der Waals surface area contributed by atoms with E-state index in [1.807, 2.05) is 13.8 Å². The van der Waals surface area contributed by atoms with Gasteiger partial charge in [-0.1, -0.05) is 20.3 Å². The predicted molar refractivity (Wildman–Crippen MR) is 68.7 cm³/mol. The summed E-state index contributed by atoms with van der Waals surface area (Å²) in [5, 5.41) is 10.0. The van der Waals surface area contributed by atoms with Crippen LogP contribution in [0.2, 0.25) is 0 Å². The molecule has 2 unspecified atom stereocenters. The normalized spacial score (nSPS) is 15.8. The maximum atomic E-state index is 10.0. The summed E-state index contributed by atoms with van der Waals surface area (Å²) >= 11 is 0. The van der Waals surface area contributed by atoms with Crippen LogP contribution in [0.15, 0.2) is 0 Å². The Morgan fingerprint density at radius 3 is 2.31 bits per heavy atom. The Bertz CT molecular complexity index is 162. The minimum atomic E-state index is -0.209. The minimum absolute atomic E-state index is 0.209. The van der Waals surface area contributed by atoms with Crippen LogP contribution >= 0.6 is 0 Å². The highest BCUT2D eigenvalue weighted by Crippen LogP contribution is 2.11. The van der Waals surface area contributed by atoms with Crippen LogP contribution in [0.25, 0.3) is 0 Å². The van der Waals surface area contributed by atoms with Gasteiger partial charge in [-0.25, -0.2) is 0 Å². The zero-order chi connectivity index (χ0) is 12.6. The van der Waals surface area contributed by atoms with Gasteiger partial charge >= 0.3 is 0 Å². The molecular formula is C13H29NO2. The fourth-order valence-corrected chi connectivity index (χ4v) is 1.96. The van der Waals surface area contributed by atoms with Crippen molar-refractivity contribution in [2.75, 3.05) is 20.2 Å². The summed E-state index contributed by atoms with van der Waals surface area (Å²) in [7, 11) is 2.07. The quantitative estimate of drug-likeness (QED) is 0.661. The van der Waals surface area contributed by atoms with Crippen LogP contribution in [-0.4, -0.2) is 48.5 Å². The molecule has 0 aliphatic carbocycles. The molecule has 0 bridgehead atoms. The van der Waals surface area contributed by atoms with Gasteiger partial charge in [-0.2, -0.15) is 0 Å². The first-order valence-corrected chi connectivity index (χ1v) is 6.52.